The van der Waals surface area contributed by atoms with Gasteiger partial charge in [0, 0.05) is 22.7 Å². The van der Waals surface area contributed by atoms with Crippen LogP contribution in [0.1, 0.15) is 47.8 Å². The minimum absolute atomic E-state index is 0.116. The number of amides is 1. The minimum atomic E-state index is 0.116. The first-order valence-electron chi connectivity index (χ1n) is 7.61. The van der Waals surface area contributed by atoms with Crippen molar-refractivity contribution in [2.75, 3.05) is 6.54 Å². The van der Waals surface area contributed by atoms with Crippen LogP contribution in [0.2, 0.25) is 5.02 Å². The molecule has 1 amide bonds. The summed E-state index contributed by atoms with van der Waals surface area (Å²) in [6, 6.07) is 6.55. The lowest BCUT2D eigenvalue weighted by Gasteiger charge is -2.35. The lowest BCUT2D eigenvalue weighted by molar-refractivity contribution is 0.0613. The van der Waals surface area contributed by atoms with Crippen molar-refractivity contribution in [3.8, 4) is 0 Å². The van der Waals surface area contributed by atoms with Gasteiger partial charge in [-0.3, -0.25) is 4.79 Å². The van der Waals surface area contributed by atoms with Crippen LogP contribution in [0.15, 0.2) is 18.2 Å². The number of piperidine rings is 1. The molecule has 1 saturated heterocycles. The first-order chi connectivity index (χ1) is 10.1. The van der Waals surface area contributed by atoms with E-state index >= 15 is 0 Å². The summed E-state index contributed by atoms with van der Waals surface area (Å²) in [6.07, 6.45) is 4.46. The van der Waals surface area contributed by atoms with E-state index in [9.17, 15) is 4.79 Å². The second-order valence-corrected chi connectivity index (χ2v) is 7.23. The maximum atomic E-state index is 12.9. The Morgan fingerprint density at radius 2 is 2.24 bits per heavy atom. The predicted octanol–water partition coefficient (Wildman–Crippen LogP) is 5.27. The Hall–Kier alpha value is -1.06. The fourth-order valence-corrected chi connectivity index (χ4v) is 4.70. The molecule has 4 heteroatoms. The molecule has 1 aromatic carbocycles. The van der Waals surface area contributed by atoms with Crippen molar-refractivity contribution in [3.63, 3.8) is 0 Å². The van der Waals surface area contributed by atoms with E-state index in [1.807, 2.05) is 17.0 Å². The molecule has 1 aliphatic heterocycles. The molecule has 1 aliphatic rings. The Balaban J connectivity index is 1.99. The standard InChI is InChI=1S/C17H20ClNOS/c1-3-12-6-4-5-9-19(12)17(20)16-15(18)13-8-7-11(2)10-14(13)21-16/h7-8,10,12H,3-6,9H2,1-2H3/t12-/m1/s1. The van der Waals surface area contributed by atoms with Crippen LogP contribution in [-0.2, 0) is 0 Å². The molecule has 0 unspecified atom stereocenters. The average Bonchev–Trinajstić information content (AvgIpc) is 2.82. The quantitative estimate of drug-likeness (QED) is 0.738. The SMILES string of the molecule is CC[C@@H]1CCCCN1C(=O)c1sc2cc(C)ccc2c1Cl. The van der Waals surface area contributed by atoms with E-state index in [-0.39, 0.29) is 5.91 Å². The lowest BCUT2D eigenvalue weighted by atomic mass is 10.00. The number of thiophene rings is 1. The van der Waals surface area contributed by atoms with Gasteiger partial charge < -0.3 is 4.90 Å². The number of benzene rings is 1. The Morgan fingerprint density at radius 3 is 3.00 bits per heavy atom. The third kappa shape index (κ3) is 2.69. The third-order valence-corrected chi connectivity index (χ3v) is 5.98. The lowest BCUT2D eigenvalue weighted by Crippen LogP contribution is -2.43. The molecule has 2 aromatic rings. The van der Waals surface area contributed by atoms with Crippen LogP contribution >= 0.6 is 22.9 Å². The van der Waals surface area contributed by atoms with Crippen molar-refractivity contribution in [1.29, 1.82) is 0 Å². The van der Waals surface area contributed by atoms with E-state index in [1.54, 1.807) is 0 Å². The van der Waals surface area contributed by atoms with Gasteiger partial charge in [-0.2, -0.15) is 0 Å². The van der Waals surface area contributed by atoms with Crippen molar-refractivity contribution in [2.24, 2.45) is 0 Å². The van der Waals surface area contributed by atoms with E-state index < -0.39 is 0 Å². The zero-order chi connectivity index (χ0) is 15.0. The average molecular weight is 322 g/mol. The summed E-state index contributed by atoms with van der Waals surface area (Å²) >= 11 is 8.01. The molecule has 0 bridgehead atoms. The third-order valence-electron chi connectivity index (χ3n) is 4.34. The summed E-state index contributed by atoms with van der Waals surface area (Å²) in [4.78, 5) is 15.6. The monoisotopic (exact) mass is 321 g/mol. The fraction of sp³-hybridized carbons (Fsp3) is 0.471. The highest BCUT2D eigenvalue weighted by Crippen LogP contribution is 2.37. The van der Waals surface area contributed by atoms with Gasteiger partial charge in [0.05, 0.1) is 5.02 Å². The summed E-state index contributed by atoms with van der Waals surface area (Å²) in [5.74, 6) is 0.116. The van der Waals surface area contributed by atoms with E-state index in [0.717, 1.165) is 35.9 Å². The van der Waals surface area contributed by atoms with Crippen LogP contribution in [0, 0.1) is 6.92 Å². The molecule has 0 aliphatic carbocycles. The van der Waals surface area contributed by atoms with Crippen LogP contribution in [0.25, 0.3) is 10.1 Å². The summed E-state index contributed by atoms with van der Waals surface area (Å²) in [5.41, 5.74) is 1.20. The van der Waals surface area contributed by atoms with Crippen LogP contribution < -0.4 is 0 Å². The molecule has 0 spiro atoms. The van der Waals surface area contributed by atoms with Crippen molar-refractivity contribution in [3.05, 3.63) is 33.7 Å². The van der Waals surface area contributed by atoms with Crippen molar-refractivity contribution >= 4 is 38.9 Å². The molecule has 112 valence electrons. The molecular weight excluding hydrogens is 302 g/mol. The first-order valence-corrected chi connectivity index (χ1v) is 8.81. The molecular formula is C17H20ClNOS. The molecule has 1 fully saturated rings. The van der Waals surface area contributed by atoms with Crippen molar-refractivity contribution < 1.29 is 4.79 Å². The van der Waals surface area contributed by atoms with Crippen LogP contribution in [-0.4, -0.2) is 23.4 Å². The number of carbonyl (C=O) groups excluding carboxylic acids is 1. The zero-order valence-electron chi connectivity index (χ0n) is 12.5. The molecule has 0 saturated carbocycles. The van der Waals surface area contributed by atoms with Crippen LogP contribution in [0.5, 0.6) is 0 Å². The number of rotatable bonds is 2. The highest BCUT2D eigenvalue weighted by atomic mass is 35.5. The number of hydrogen-bond donors (Lipinski definition) is 0. The molecule has 2 heterocycles. The summed E-state index contributed by atoms with van der Waals surface area (Å²) in [7, 11) is 0. The molecule has 2 nitrogen and oxygen atoms in total. The molecule has 21 heavy (non-hydrogen) atoms. The fourth-order valence-electron chi connectivity index (χ4n) is 3.13. The van der Waals surface area contributed by atoms with E-state index in [4.69, 9.17) is 11.6 Å². The Morgan fingerprint density at radius 1 is 1.43 bits per heavy atom. The van der Waals surface area contributed by atoms with Gasteiger partial charge in [0.15, 0.2) is 0 Å². The van der Waals surface area contributed by atoms with Gasteiger partial charge in [0.2, 0.25) is 0 Å². The van der Waals surface area contributed by atoms with Gasteiger partial charge in [-0.25, -0.2) is 0 Å². The topological polar surface area (TPSA) is 20.3 Å². The highest BCUT2D eigenvalue weighted by molar-refractivity contribution is 7.21. The first kappa shape index (κ1) is 14.9. The molecule has 1 aromatic heterocycles. The van der Waals surface area contributed by atoms with E-state index in [1.165, 1.54) is 23.3 Å². The molecule has 1 atom stereocenters. The number of hydrogen-bond acceptors (Lipinski definition) is 2. The second-order valence-electron chi connectivity index (χ2n) is 5.80. The van der Waals surface area contributed by atoms with Gasteiger partial charge in [-0.1, -0.05) is 30.7 Å². The molecule has 3 rings (SSSR count). The number of likely N-dealkylation sites (tertiary alicyclic amines) is 1. The number of aryl methyl sites for hydroxylation is 1. The largest absolute Gasteiger partial charge is 0.335 e. The maximum Gasteiger partial charge on any atom is 0.265 e. The predicted molar refractivity (Wildman–Crippen MR) is 90.5 cm³/mol. The molecule has 0 N–H and O–H groups in total. The maximum absolute atomic E-state index is 12.9. The van der Waals surface area contributed by atoms with Crippen LogP contribution in [0.4, 0.5) is 0 Å². The van der Waals surface area contributed by atoms with Crippen molar-refractivity contribution in [2.45, 2.75) is 45.6 Å². The number of nitrogens with zero attached hydrogens (tertiary/aromatic N) is 1. The Kier molecular flexibility index (Phi) is 4.23. The Bertz CT molecular complexity index is 679. The zero-order valence-corrected chi connectivity index (χ0v) is 14.1. The van der Waals surface area contributed by atoms with Crippen molar-refractivity contribution in [1.82, 2.24) is 4.90 Å². The summed E-state index contributed by atoms with van der Waals surface area (Å²) in [6.45, 7) is 5.08. The summed E-state index contributed by atoms with van der Waals surface area (Å²) < 4.78 is 1.11. The van der Waals surface area contributed by atoms with Gasteiger partial charge >= 0.3 is 0 Å². The van der Waals surface area contributed by atoms with Gasteiger partial charge in [-0.05, 0) is 44.2 Å². The summed E-state index contributed by atoms with van der Waals surface area (Å²) in [5, 5.41) is 1.63. The second kappa shape index (κ2) is 5.98. The highest BCUT2D eigenvalue weighted by Gasteiger charge is 2.29. The smallest absolute Gasteiger partial charge is 0.265 e. The molecule has 0 radical (unpaired) electrons. The van der Waals surface area contributed by atoms with E-state index in [0.29, 0.717) is 15.9 Å². The van der Waals surface area contributed by atoms with Gasteiger partial charge in [-0.15, -0.1) is 11.3 Å². The van der Waals surface area contributed by atoms with Crippen LogP contribution in [0.3, 0.4) is 0 Å². The van der Waals surface area contributed by atoms with Gasteiger partial charge in [0.1, 0.15) is 4.88 Å². The van der Waals surface area contributed by atoms with E-state index in [2.05, 4.69) is 19.9 Å². The number of halogens is 1. The van der Waals surface area contributed by atoms with Gasteiger partial charge in [0.25, 0.3) is 5.91 Å². The normalized spacial score (nSPS) is 19.2. The Labute approximate surface area is 134 Å². The number of carbonyl (C=O) groups is 1. The minimum Gasteiger partial charge on any atom is -0.335 e. The number of fused-ring (bicyclic) bond motifs is 1.